The number of alkyl halides is 3. The highest BCUT2D eigenvalue weighted by atomic mass is 19.4. The molecule has 0 aliphatic heterocycles. The van der Waals surface area contributed by atoms with Crippen molar-refractivity contribution in [1.82, 2.24) is 0 Å². The average Bonchev–Trinajstić information content (AvgIpc) is 2.59. The van der Waals surface area contributed by atoms with Crippen LogP contribution in [0.5, 0.6) is 0 Å². The number of halogens is 3. The molecule has 0 amide bonds. The third-order valence-corrected chi connectivity index (χ3v) is 7.34. The minimum Gasteiger partial charge on any atom is -0.171 e. The second kappa shape index (κ2) is 9.65. The summed E-state index contributed by atoms with van der Waals surface area (Å²) in [5.41, 5.74) is -1.37. The minimum absolute atomic E-state index is 0.327. The van der Waals surface area contributed by atoms with Crippen molar-refractivity contribution in [3.8, 4) is 0 Å². The summed E-state index contributed by atoms with van der Waals surface area (Å²) in [6.07, 6.45) is 11.3. The standard InChI is InChI=1S/C22H39F3/c1-3-5-6-7-8-18-9-11-19(12-10-18)20-13-16-21(15-4-2,17-14-20)22(23,24)25/h18-20H,3-17H2,1-2H3/t18?,19?,20-,21+. The normalized spacial score (nSPS) is 34.2. The molecule has 0 aromatic carbocycles. The highest BCUT2D eigenvalue weighted by Crippen LogP contribution is 2.55. The lowest BCUT2D eigenvalue weighted by Gasteiger charge is -2.44. The van der Waals surface area contributed by atoms with E-state index in [0.29, 0.717) is 37.5 Å². The van der Waals surface area contributed by atoms with Crippen LogP contribution in [-0.2, 0) is 0 Å². The molecule has 2 saturated carbocycles. The summed E-state index contributed by atoms with van der Waals surface area (Å²) in [7, 11) is 0. The Hall–Kier alpha value is -0.210. The van der Waals surface area contributed by atoms with Gasteiger partial charge >= 0.3 is 6.18 Å². The number of hydrogen-bond donors (Lipinski definition) is 0. The molecular formula is C22H39F3. The molecule has 2 fully saturated rings. The monoisotopic (exact) mass is 360 g/mol. The highest BCUT2D eigenvalue weighted by molar-refractivity contribution is 4.93. The zero-order valence-corrected chi connectivity index (χ0v) is 16.5. The van der Waals surface area contributed by atoms with Gasteiger partial charge in [0.2, 0.25) is 0 Å². The summed E-state index contributed by atoms with van der Waals surface area (Å²) < 4.78 is 40.7. The first-order valence-electron chi connectivity index (χ1n) is 11.0. The van der Waals surface area contributed by atoms with E-state index >= 15 is 0 Å². The van der Waals surface area contributed by atoms with Crippen molar-refractivity contribution >= 4 is 0 Å². The molecule has 0 nitrogen and oxygen atoms in total. The van der Waals surface area contributed by atoms with E-state index in [1.54, 1.807) is 0 Å². The maximum absolute atomic E-state index is 13.6. The van der Waals surface area contributed by atoms with Crippen LogP contribution < -0.4 is 0 Å². The van der Waals surface area contributed by atoms with Gasteiger partial charge in [-0.3, -0.25) is 0 Å². The quantitative estimate of drug-likeness (QED) is 0.382. The molecule has 148 valence electrons. The van der Waals surface area contributed by atoms with Gasteiger partial charge in [-0.15, -0.1) is 0 Å². The number of rotatable bonds is 8. The molecule has 0 aromatic rings. The van der Waals surface area contributed by atoms with Crippen molar-refractivity contribution in [2.24, 2.45) is 23.2 Å². The fourth-order valence-corrected chi connectivity index (χ4v) is 5.63. The number of unbranched alkanes of at least 4 members (excludes halogenated alkanes) is 3. The van der Waals surface area contributed by atoms with Crippen LogP contribution in [0.2, 0.25) is 0 Å². The summed E-state index contributed by atoms with van der Waals surface area (Å²) >= 11 is 0. The van der Waals surface area contributed by atoms with E-state index in [2.05, 4.69) is 6.92 Å². The van der Waals surface area contributed by atoms with E-state index in [4.69, 9.17) is 0 Å². The zero-order chi connectivity index (χ0) is 18.3. The third-order valence-electron chi connectivity index (χ3n) is 7.34. The topological polar surface area (TPSA) is 0 Å². The molecular weight excluding hydrogens is 321 g/mol. The maximum atomic E-state index is 13.6. The van der Waals surface area contributed by atoms with Crippen molar-refractivity contribution in [3.63, 3.8) is 0 Å². The van der Waals surface area contributed by atoms with Crippen LogP contribution in [0.4, 0.5) is 13.2 Å². The van der Waals surface area contributed by atoms with Crippen LogP contribution in [0.25, 0.3) is 0 Å². The predicted octanol–water partition coefficient (Wildman–Crippen LogP) is 8.30. The Morgan fingerprint density at radius 2 is 1.36 bits per heavy atom. The van der Waals surface area contributed by atoms with E-state index in [1.165, 1.54) is 57.8 Å². The average molecular weight is 361 g/mol. The van der Waals surface area contributed by atoms with Gasteiger partial charge in [0.25, 0.3) is 0 Å². The molecule has 0 spiro atoms. The molecule has 0 atom stereocenters. The van der Waals surface area contributed by atoms with Crippen LogP contribution in [0.15, 0.2) is 0 Å². The smallest absolute Gasteiger partial charge is 0.171 e. The molecule has 0 saturated heterocycles. The first-order valence-corrected chi connectivity index (χ1v) is 11.0. The molecule has 0 bridgehead atoms. The third kappa shape index (κ3) is 5.63. The molecule has 0 heterocycles. The molecule has 2 rings (SSSR count). The Morgan fingerprint density at radius 1 is 0.760 bits per heavy atom. The van der Waals surface area contributed by atoms with Crippen molar-refractivity contribution in [1.29, 1.82) is 0 Å². The first kappa shape index (κ1) is 21.1. The van der Waals surface area contributed by atoms with Crippen LogP contribution >= 0.6 is 0 Å². The second-order valence-electron chi connectivity index (χ2n) is 9.00. The van der Waals surface area contributed by atoms with E-state index in [-0.39, 0.29) is 0 Å². The van der Waals surface area contributed by atoms with E-state index in [0.717, 1.165) is 18.8 Å². The molecule has 2 aliphatic carbocycles. The van der Waals surface area contributed by atoms with Gasteiger partial charge in [-0.2, -0.15) is 13.2 Å². The fourth-order valence-electron chi connectivity index (χ4n) is 5.63. The van der Waals surface area contributed by atoms with Gasteiger partial charge in [-0.25, -0.2) is 0 Å². The van der Waals surface area contributed by atoms with Gasteiger partial charge in [0, 0.05) is 0 Å². The van der Waals surface area contributed by atoms with Crippen molar-refractivity contribution < 1.29 is 13.2 Å². The Bertz CT molecular complexity index is 358. The van der Waals surface area contributed by atoms with Gasteiger partial charge in [0.1, 0.15) is 0 Å². The molecule has 0 unspecified atom stereocenters. The molecule has 0 radical (unpaired) electrons. The van der Waals surface area contributed by atoms with Gasteiger partial charge < -0.3 is 0 Å². The predicted molar refractivity (Wildman–Crippen MR) is 99.6 cm³/mol. The van der Waals surface area contributed by atoms with Gasteiger partial charge in [-0.05, 0) is 62.7 Å². The van der Waals surface area contributed by atoms with Crippen LogP contribution in [-0.4, -0.2) is 6.18 Å². The lowest BCUT2D eigenvalue weighted by Crippen LogP contribution is -2.42. The Kier molecular flexibility index (Phi) is 8.14. The minimum atomic E-state index is -4.01. The van der Waals surface area contributed by atoms with Crippen molar-refractivity contribution in [2.75, 3.05) is 0 Å². The molecule has 2 aliphatic rings. The van der Waals surface area contributed by atoms with E-state index in [9.17, 15) is 13.2 Å². The zero-order valence-electron chi connectivity index (χ0n) is 16.5. The van der Waals surface area contributed by atoms with Crippen molar-refractivity contribution in [3.05, 3.63) is 0 Å². The van der Waals surface area contributed by atoms with Crippen LogP contribution in [0.3, 0.4) is 0 Å². The van der Waals surface area contributed by atoms with E-state index in [1.807, 2.05) is 6.92 Å². The first-order chi connectivity index (χ1) is 11.9. The summed E-state index contributed by atoms with van der Waals surface area (Å²) in [4.78, 5) is 0. The van der Waals surface area contributed by atoms with Gasteiger partial charge in [0.15, 0.2) is 0 Å². The Labute approximate surface area is 153 Å². The van der Waals surface area contributed by atoms with Crippen LogP contribution in [0, 0.1) is 23.2 Å². The SMILES string of the molecule is CCCCCCC1CCC([C@H]2CC[C@@](CCC)(C(F)(F)F)CC2)CC1. The molecule has 0 aromatic heterocycles. The summed E-state index contributed by atoms with van der Waals surface area (Å²) in [6, 6.07) is 0. The molecule has 25 heavy (non-hydrogen) atoms. The van der Waals surface area contributed by atoms with E-state index < -0.39 is 11.6 Å². The summed E-state index contributed by atoms with van der Waals surface area (Å²) in [5, 5.41) is 0. The Morgan fingerprint density at radius 3 is 1.88 bits per heavy atom. The van der Waals surface area contributed by atoms with Crippen molar-refractivity contribution in [2.45, 2.75) is 116 Å². The largest absolute Gasteiger partial charge is 0.394 e. The summed E-state index contributed by atoms with van der Waals surface area (Å²) in [6.45, 7) is 4.14. The fraction of sp³-hybridized carbons (Fsp3) is 1.00. The highest BCUT2D eigenvalue weighted by Gasteiger charge is 2.55. The second-order valence-corrected chi connectivity index (χ2v) is 9.00. The lowest BCUT2D eigenvalue weighted by molar-refractivity contribution is -0.241. The van der Waals surface area contributed by atoms with Gasteiger partial charge in [0.05, 0.1) is 5.41 Å². The maximum Gasteiger partial charge on any atom is 0.394 e. The van der Waals surface area contributed by atoms with Crippen LogP contribution in [0.1, 0.15) is 110 Å². The number of hydrogen-bond acceptors (Lipinski definition) is 0. The Balaban J connectivity index is 1.75. The molecule has 3 heteroatoms. The lowest BCUT2D eigenvalue weighted by atomic mass is 9.62. The van der Waals surface area contributed by atoms with Gasteiger partial charge in [-0.1, -0.05) is 65.2 Å². The molecule has 0 N–H and O–H groups in total. The summed E-state index contributed by atoms with van der Waals surface area (Å²) in [5.74, 6) is 2.17.